The van der Waals surface area contributed by atoms with Crippen LogP contribution in [0.2, 0.25) is 0 Å². The Morgan fingerprint density at radius 2 is 0.711 bits per heavy atom. The first-order chi connectivity index (χ1) is 21.9. The molecule has 0 bridgehead atoms. The Bertz CT molecular complexity index is 1550. The molecule has 0 aliphatic rings. The molecule has 246 valence electrons. The molecule has 7 heteroatoms. The van der Waals surface area contributed by atoms with Gasteiger partial charge in [0.05, 0.1) is 26.4 Å². The minimum atomic E-state index is -1.50. The van der Waals surface area contributed by atoms with Crippen LogP contribution >= 0.6 is 0 Å². The van der Waals surface area contributed by atoms with Crippen LogP contribution < -0.4 is 18.9 Å². The number of ether oxygens (including phenoxy) is 4. The maximum atomic E-state index is 15.8. The van der Waals surface area contributed by atoms with Crippen molar-refractivity contribution in [1.29, 1.82) is 0 Å². The molecule has 0 saturated heterocycles. The van der Waals surface area contributed by atoms with Gasteiger partial charge in [0.25, 0.3) is 0 Å². The van der Waals surface area contributed by atoms with E-state index in [-0.39, 0.29) is 10.8 Å². The van der Waals surface area contributed by atoms with Gasteiger partial charge in [-0.3, -0.25) is 0 Å². The van der Waals surface area contributed by atoms with E-state index >= 15 is 4.39 Å². The predicted octanol–water partition coefficient (Wildman–Crippen LogP) is 11.8. The first kappa shape index (κ1) is 34.5. The van der Waals surface area contributed by atoms with Crippen molar-refractivity contribution in [2.24, 2.45) is 0 Å². The Labute approximate surface area is 266 Å². The second-order valence-corrected chi connectivity index (χ2v) is 11.8. The molecular weight excluding hydrogens is 577 g/mol. The molecule has 4 aromatic carbocycles. The molecule has 0 N–H and O–H groups in total. The van der Waals surface area contributed by atoms with Gasteiger partial charge in [0.1, 0.15) is 0 Å². The van der Waals surface area contributed by atoms with Gasteiger partial charge in [-0.05, 0) is 82.9 Å². The quantitative estimate of drug-likeness (QED) is 0.0556. The van der Waals surface area contributed by atoms with Crippen molar-refractivity contribution in [3.63, 3.8) is 0 Å². The lowest BCUT2D eigenvalue weighted by Gasteiger charge is -2.19. The smallest absolute Gasteiger partial charge is 0.195 e. The minimum absolute atomic E-state index is 0.000823. The van der Waals surface area contributed by atoms with Crippen molar-refractivity contribution in [1.82, 2.24) is 0 Å². The molecule has 0 aliphatic heterocycles. The summed E-state index contributed by atoms with van der Waals surface area (Å²) in [5.41, 5.74) is 0. The largest absolute Gasteiger partial charge is 0.490 e. The number of rotatable bonds is 20. The molecular formula is C38H49F3O4. The van der Waals surface area contributed by atoms with E-state index in [1.807, 2.05) is 12.1 Å². The second-order valence-electron chi connectivity index (χ2n) is 11.8. The van der Waals surface area contributed by atoms with E-state index in [1.165, 1.54) is 0 Å². The summed E-state index contributed by atoms with van der Waals surface area (Å²) in [4.78, 5) is 0. The zero-order valence-electron chi connectivity index (χ0n) is 27.5. The molecule has 0 saturated carbocycles. The van der Waals surface area contributed by atoms with Crippen LogP contribution in [0.4, 0.5) is 13.2 Å². The third-order valence-corrected chi connectivity index (χ3v) is 8.20. The average Bonchev–Trinajstić information content (AvgIpc) is 3.04. The third kappa shape index (κ3) is 8.47. The molecule has 0 amide bonds. The lowest BCUT2D eigenvalue weighted by molar-refractivity contribution is 0.260. The highest BCUT2D eigenvalue weighted by Gasteiger charge is 2.23. The van der Waals surface area contributed by atoms with E-state index in [0.717, 1.165) is 83.1 Å². The number of unbranched alkanes of at least 4 members (excludes halogenated alkanes) is 8. The molecule has 0 unspecified atom stereocenters. The number of hydrogen-bond donors (Lipinski definition) is 0. The van der Waals surface area contributed by atoms with Gasteiger partial charge in [-0.15, -0.1) is 0 Å². The van der Waals surface area contributed by atoms with Crippen molar-refractivity contribution in [2.45, 2.75) is 105 Å². The Kier molecular flexibility index (Phi) is 13.3. The standard InChI is InChI=1S/C38H49F3O4/c1-5-9-13-17-42-32-22-26-27(23-33(32)43-18-14-10-6-2)29-21-31(39)37(40)38(41)36(29)30-25-35(45-20-16-12-8-4)34(24-28(26)30)44-19-15-11-7-3/h21-25H,5-20H2,1-4H3. The van der Waals surface area contributed by atoms with Crippen molar-refractivity contribution >= 4 is 32.3 Å². The first-order valence-electron chi connectivity index (χ1n) is 17.0. The molecule has 4 aromatic rings. The summed E-state index contributed by atoms with van der Waals surface area (Å²) in [5, 5.41) is 2.60. The highest BCUT2D eigenvalue weighted by Crippen LogP contribution is 2.46. The topological polar surface area (TPSA) is 36.9 Å². The lowest BCUT2D eigenvalue weighted by Crippen LogP contribution is -2.04. The predicted molar refractivity (Wildman–Crippen MR) is 179 cm³/mol. The maximum Gasteiger partial charge on any atom is 0.195 e. The van der Waals surface area contributed by atoms with E-state index in [1.54, 1.807) is 12.1 Å². The van der Waals surface area contributed by atoms with Gasteiger partial charge < -0.3 is 18.9 Å². The highest BCUT2D eigenvalue weighted by molar-refractivity contribution is 6.26. The molecule has 4 nitrogen and oxygen atoms in total. The van der Waals surface area contributed by atoms with Crippen LogP contribution in [0.25, 0.3) is 32.3 Å². The van der Waals surface area contributed by atoms with Gasteiger partial charge in [-0.25, -0.2) is 13.2 Å². The molecule has 0 atom stereocenters. The fourth-order valence-corrected chi connectivity index (χ4v) is 5.65. The average molecular weight is 627 g/mol. The summed E-state index contributed by atoms with van der Waals surface area (Å²) in [6, 6.07) is 8.32. The fraction of sp³-hybridized carbons (Fsp3) is 0.526. The summed E-state index contributed by atoms with van der Waals surface area (Å²) in [6.07, 6.45) is 11.8. The summed E-state index contributed by atoms with van der Waals surface area (Å²) < 4.78 is 70.3. The maximum absolute atomic E-state index is 15.8. The van der Waals surface area contributed by atoms with Gasteiger partial charge >= 0.3 is 0 Å². The third-order valence-electron chi connectivity index (χ3n) is 8.20. The molecule has 0 aliphatic carbocycles. The van der Waals surface area contributed by atoms with Crippen LogP contribution in [-0.4, -0.2) is 26.4 Å². The second kappa shape index (κ2) is 17.4. The van der Waals surface area contributed by atoms with Gasteiger partial charge in [-0.2, -0.15) is 0 Å². The highest BCUT2D eigenvalue weighted by atomic mass is 19.2. The molecule has 0 aromatic heterocycles. The van der Waals surface area contributed by atoms with Gasteiger partial charge in [0.15, 0.2) is 40.4 Å². The number of hydrogen-bond acceptors (Lipinski definition) is 4. The van der Waals surface area contributed by atoms with Gasteiger partial charge in [0, 0.05) is 5.39 Å². The minimum Gasteiger partial charge on any atom is -0.490 e. The summed E-state index contributed by atoms with van der Waals surface area (Å²) in [6.45, 7) is 10.5. The summed E-state index contributed by atoms with van der Waals surface area (Å²) in [7, 11) is 0. The molecule has 0 heterocycles. The first-order valence-corrected chi connectivity index (χ1v) is 17.0. The molecule has 4 rings (SSSR count). The molecule has 0 fully saturated rings. The van der Waals surface area contributed by atoms with Crippen LogP contribution in [0, 0.1) is 17.5 Å². The van der Waals surface area contributed by atoms with E-state index in [9.17, 15) is 8.78 Å². The zero-order valence-corrected chi connectivity index (χ0v) is 27.5. The normalized spacial score (nSPS) is 11.5. The van der Waals surface area contributed by atoms with Crippen LogP contribution in [0.3, 0.4) is 0 Å². The summed E-state index contributed by atoms with van der Waals surface area (Å²) >= 11 is 0. The van der Waals surface area contributed by atoms with E-state index < -0.39 is 17.5 Å². The van der Waals surface area contributed by atoms with E-state index in [0.29, 0.717) is 71.0 Å². The van der Waals surface area contributed by atoms with Crippen molar-refractivity contribution in [2.75, 3.05) is 26.4 Å². The fourth-order valence-electron chi connectivity index (χ4n) is 5.65. The van der Waals surface area contributed by atoms with Crippen molar-refractivity contribution in [3.8, 4) is 23.0 Å². The molecule has 0 radical (unpaired) electrons. The van der Waals surface area contributed by atoms with Crippen LogP contribution in [-0.2, 0) is 0 Å². The van der Waals surface area contributed by atoms with Crippen LogP contribution in [0.5, 0.6) is 23.0 Å². The van der Waals surface area contributed by atoms with E-state index in [4.69, 9.17) is 18.9 Å². The Balaban J connectivity index is 1.97. The SMILES string of the molecule is CCCCCOc1cc2c(cc1OCCCCC)c1cc(F)c(F)c(F)c1c1cc(OCCCCC)c(OCCCCC)cc21. The zero-order chi connectivity index (χ0) is 32.2. The molecule has 45 heavy (non-hydrogen) atoms. The lowest BCUT2D eigenvalue weighted by atomic mass is 9.93. The number of halogens is 3. The Morgan fingerprint density at radius 3 is 1.07 bits per heavy atom. The van der Waals surface area contributed by atoms with Crippen LogP contribution in [0.15, 0.2) is 30.3 Å². The Hall–Kier alpha value is -3.35. The van der Waals surface area contributed by atoms with Crippen molar-refractivity contribution in [3.05, 3.63) is 47.8 Å². The van der Waals surface area contributed by atoms with Gasteiger partial charge in [-0.1, -0.05) is 79.1 Å². The summed E-state index contributed by atoms with van der Waals surface area (Å²) in [5.74, 6) is -1.87. The van der Waals surface area contributed by atoms with E-state index in [2.05, 4.69) is 27.7 Å². The number of fused-ring (bicyclic) bond motifs is 6. The Morgan fingerprint density at radius 1 is 0.400 bits per heavy atom. The van der Waals surface area contributed by atoms with Crippen molar-refractivity contribution < 1.29 is 32.1 Å². The molecule has 0 spiro atoms. The number of benzene rings is 4. The van der Waals surface area contributed by atoms with Gasteiger partial charge in [0.2, 0.25) is 0 Å². The van der Waals surface area contributed by atoms with Crippen LogP contribution in [0.1, 0.15) is 105 Å². The monoisotopic (exact) mass is 626 g/mol.